The molecule has 1 aliphatic rings. The van der Waals surface area contributed by atoms with Crippen molar-refractivity contribution in [2.24, 2.45) is 0 Å². The van der Waals surface area contributed by atoms with Gasteiger partial charge in [0.05, 0.1) is 27.4 Å². The van der Waals surface area contributed by atoms with Crippen LogP contribution in [0.25, 0.3) is 0 Å². The lowest BCUT2D eigenvalue weighted by Gasteiger charge is -2.33. The zero-order valence-corrected chi connectivity index (χ0v) is 13.1. The summed E-state index contributed by atoms with van der Waals surface area (Å²) in [5.41, 5.74) is 0. The van der Waals surface area contributed by atoms with Crippen molar-refractivity contribution in [2.75, 3.05) is 40.5 Å². The molecule has 0 aliphatic heterocycles. The maximum absolute atomic E-state index is 9.92. The summed E-state index contributed by atoms with van der Waals surface area (Å²) < 4.78 is 27.5. The van der Waals surface area contributed by atoms with Gasteiger partial charge in [0, 0.05) is 19.1 Å². The minimum atomic E-state index is -3.66. The van der Waals surface area contributed by atoms with Gasteiger partial charge in [-0.2, -0.15) is 8.42 Å². The third-order valence-electron chi connectivity index (χ3n) is 3.27. The molecular weight excluding hydrogens is 286 g/mol. The van der Waals surface area contributed by atoms with E-state index >= 15 is 0 Å². The molecule has 0 heterocycles. The van der Waals surface area contributed by atoms with Gasteiger partial charge in [-0.15, -0.1) is 0 Å². The molecule has 1 saturated carbocycles. The Balaban J connectivity index is 0.000000441. The molecule has 8 heteroatoms. The highest BCUT2D eigenvalue weighted by Gasteiger charge is 2.19. The molecule has 0 unspecified atom stereocenters. The summed E-state index contributed by atoms with van der Waals surface area (Å²) in [5.74, 6) is 0. The van der Waals surface area contributed by atoms with Crippen LogP contribution in [-0.2, 0) is 18.8 Å². The first-order chi connectivity index (χ1) is 9.50. The molecule has 2 N–H and O–H groups in total. The number of aliphatic hydroxyl groups excluding tert-OH is 2. The van der Waals surface area contributed by atoms with Gasteiger partial charge in [-0.25, -0.2) is 0 Å². The number of hydrogen-bond donors (Lipinski definition) is 2. The maximum atomic E-state index is 9.92. The van der Waals surface area contributed by atoms with Gasteiger partial charge in [-0.3, -0.25) is 13.3 Å². The molecule has 7 nitrogen and oxygen atoms in total. The second-order valence-corrected chi connectivity index (χ2v) is 6.00. The summed E-state index contributed by atoms with van der Waals surface area (Å²) in [7, 11) is -1.60. The number of nitrogens with zero attached hydrogens (tertiary/aromatic N) is 1. The summed E-state index contributed by atoms with van der Waals surface area (Å²) in [6, 6.07) is 0.605. The quantitative estimate of drug-likeness (QED) is 0.689. The van der Waals surface area contributed by atoms with Crippen LogP contribution in [0.5, 0.6) is 0 Å². The first-order valence-electron chi connectivity index (χ1n) is 6.82. The van der Waals surface area contributed by atoms with Crippen LogP contribution in [0, 0.1) is 0 Å². The highest BCUT2D eigenvalue weighted by Crippen LogP contribution is 2.21. The molecule has 1 rings (SSSR count). The van der Waals surface area contributed by atoms with E-state index in [-0.39, 0.29) is 13.2 Å². The van der Waals surface area contributed by atoms with E-state index < -0.39 is 10.4 Å². The predicted molar refractivity (Wildman–Crippen MR) is 75.6 cm³/mol. The Kier molecular flexibility index (Phi) is 11.3. The third-order valence-corrected chi connectivity index (χ3v) is 4.09. The molecule has 0 radical (unpaired) electrons. The molecule has 1 fully saturated rings. The fourth-order valence-corrected chi connectivity index (χ4v) is 2.38. The number of hydrogen-bond acceptors (Lipinski definition) is 7. The third kappa shape index (κ3) is 8.83. The van der Waals surface area contributed by atoms with Gasteiger partial charge in [0.2, 0.25) is 0 Å². The number of aliphatic hydroxyl groups is 2. The molecule has 0 bridgehead atoms. The lowest BCUT2D eigenvalue weighted by Crippen LogP contribution is -2.40. The molecule has 0 spiro atoms. The average Bonchev–Trinajstić information content (AvgIpc) is 2.48. The Morgan fingerprint density at radius 3 is 1.75 bits per heavy atom. The van der Waals surface area contributed by atoms with Gasteiger partial charge in [0.1, 0.15) is 0 Å². The van der Waals surface area contributed by atoms with Crippen LogP contribution >= 0.6 is 0 Å². The Morgan fingerprint density at radius 2 is 1.45 bits per heavy atom. The van der Waals surface area contributed by atoms with Crippen molar-refractivity contribution in [2.45, 2.75) is 38.1 Å². The van der Waals surface area contributed by atoms with Gasteiger partial charge < -0.3 is 10.2 Å². The zero-order valence-electron chi connectivity index (χ0n) is 12.3. The van der Waals surface area contributed by atoms with Crippen LogP contribution in [0.15, 0.2) is 0 Å². The van der Waals surface area contributed by atoms with Crippen molar-refractivity contribution in [1.29, 1.82) is 0 Å². The highest BCUT2D eigenvalue weighted by atomic mass is 32.3. The van der Waals surface area contributed by atoms with E-state index in [1.165, 1.54) is 32.1 Å². The first kappa shape index (κ1) is 19.8. The zero-order chi connectivity index (χ0) is 15.4. The van der Waals surface area contributed by atoms with E-state index in [1.807, 2.05) is 0 Å². The fourth-order valence-electron chi connectivity index (χ4n) is 2.25. The van der Waals surface area contributed by atoms with Crippen molar-refractivity contribution in [3.63, 3.8) is 0 Å². The second kappa shape index (κ2) is 11.4. The molecular formula is C12H27NO6S. The minimum absolute atomic E-state index is 0.205. The summed E-state index contributed by atoms with van der Waals surface area (Å²) in [4.78, 5) is 2.22. The van der Waals surface area contributed by atoms with Gasteiger partial charge >= 0.3 is 10.4 Å². The average molecular weight is 313 g/mol. The van der Waals surface area contributed by atoms with Crippen molar-refractivity contribution < 1.29 is 27.0 Å². The largest absolute Gasteiger partial charge is 0.399 e. The maximum Gasteiger partial charge on any atom is 0.399 e. The summed E-state index contributed by atoms with van der Waals surface area (Å²) in [5, 5.41) is 17.7. The van der Waals surface area contributed by atoms with Crippen molar-refractivity contribution >= 4 is 10.4 Å². The Morgan fingerprint density at radius 1 is 1.00 bits per heavy atom. The smallest absolute Gasteiger partial charge is 0.395 e. The summed E-state index contributed by atoms with van der Waals surface area (Å²) >= 11 is 0. The van der Waals surface area contributed by atoms with Crippen LogP contribution in [0.3, 0.4) is 0 Å². The van der Waals surface area contributed by atoms with Gasteiger partial charge in [-0.05, 0) is 12.8 Å². The lowest BCUT2D eigenvalue weighted by molar-refractivity contribution is 0.101. The normalized spacial score (nSPS) is 16.9. The molecule has 0 atom stereocenters. The van der Waals surface area contributed by atoms with Crippen LogP contribution < -0.4 is 0 Å². The van der Waals surface area contributed by atoms with Crippen molar-refractivity contribution in [3.8, 4) is 0 Å². The van der Waals surface area contributed by atoms with E-state index in [2.05, 4.69) is 13.3 Å². The monoisotopic (exact) mass is 313 g/mol. The van der Waals surface area contributed by atoms with E-state index in [4.69, 9.17) is 10.2 Å². The SMILES string of the molecule is COS(=O)(=O)OC.OCCN(CCO)C1CCCCC1. The topological polar surface area (TPSA) is 96.3 Å². The van der Waals surface area contributed by atoms with E-state index in [0.717, 1.165) is 14.2 Å². The molecule has 20 heavy (non-hydrogen) atoms. The highest BCUT2D eigenvalue weighted by molar-refractivity contribution is 7.81. The molecule has 122 valence electrons. The lowest BCUT2D eigenvalue weighted by atomic mass is 9.94. The Labute approximate surface area is 121 Å². The molecule has 0 aromatic carbocycles. The van der Waals surface area contributed by atoms with Crippen LogP contribution in [0.4, 0.5) is 0 Å². The molecule has 1 aliphatic carbocycles. The van der Waals surface area contributed by atoms with Gasteiger partial charge in [0.25, 0.3) is 0 Å². The molecule has 0 saturated heterocycles. The summed E-state index contributed by atoms with van der Waals surface area (Å²) in [6.45, 7) is 1.84. The van der Waals surface area contributed by atoms with Crippen molar-refractivity contribution in [1.82, 2.24) is 4.90 Å². The first-order valence-corrected chi connectivity index (χ1v) is 8.16. The van der Waals surface area contributed by atoms with Gasteiger partial charge in [0.15, 0.2) is 0 Å². The Hall–Kier alpha value is -0.250. The predicted octanol–water partition coefficient (Wildman–Crippen LogP) is 0.130. The molecule has 0 aromatic rings. The Bertz CT molecular complexity index is 300. The minimum Gasteiger partial charge on any atom is -0.395 e. The molecule has 0 aromatic heterocycles. The van der Waals surface area contributed by atoms with E-state index in [9.17, 15) is 8.42 Å². The van der Waals surface area contributed by atoms with Crippen LogP contribution in [-0.4, -0.2) is 70.1 Å². The number of rotatable bonds is 7. The van der Waals surface area contributed by atoms with Gasteiger partial charge in [-0.1, -0.05) is 19.3 Å². The van der Waals surface area contributed by atoms with E-state index in [1.54, 1.807) is 0 Å². The fraction of sp³-hybridized carbons (Fsp3) is 1.00. The van der Waals surface area contributed by atoms with Crippen LogP contribution in [0.2, 0.25) is 0 Å². The van der Waals surface area contributed by atoms with Crippen LogP contribution in [0.1, 0.15) is 32.1 Å². The second-order valence-electron chi connectivity index (χ2n) is 4.52. The summed E-state index contributed by atoms with van der Waals surface area (Å²) in [6.07, 6.45) is 6.43. The van der Waals surface area contributed by atoms with E-state index in [0.29, 0.717) is 19.1 Å². The standard InChI is InChI=1S/C10H21NO2.C2H6O4S/c12-8-6-11(7-9-13)10-4-2-1-3-5-10;1-5-7(3,4)6-2/h10,12-13H,1-9H2;1-2H3. The van der Waals surface area contributed by atoms with Crippen molar-refractivity contribution in [3.05, 3.63) is 0 Å². The molecule has 0 amide bonds.